The van der Waals surface area contributed by atoms with Crippen LogP contribution in [0.15, 0.2) is 36.4 Å². The number of carbonyl (C=O) groups is 1. The van der Waals surface area contributed by atoms with Gasteiger partial charge in [0.1, 0.15) is 0 Å². The van der Waals surface area contributed by atoms with Crippen molar-refractivity contribution < 1.29 is 9.90 Å². The van der Waals surface area contributed by atoms with Gasteiger partial charge < -0.3 is 15.7 Å². The Morgan fingerprint density at radius 2 is 2.00 bits per heavy atom. The molecule has 0 aliphatic carbocycles. The van der Waals surface area contributed by atoms with Crippen LogP contribution in [0, 0.1) is 6.92 Å². The average Bonchev–Trinajstić information content (AvgIpc) is 2.38. The summed E-state index contributed by atoms with van der Waals surface area (Å²) in [7, 11) is 1.81. The van der Waals surface area contributed by atoms with Gasteiger partial charge in [0.05, 0.1) is 29.2 Å². The van der Waals surface area contributed by atoms with E-state index >= 15 is 0 Å². The van der Waals surface area contributed by atoms with E-state index in [9.17, 15) is 9.90 Å². The molecule has 0 fully saturated rings. The topological polar surface area (TPSA) is 79.5 Å². The van der Waals surface area contributed by atoms with E-state index in [-0.39, 0.29) is 5.56 Å². The second-order valence-corrected chi connectivity index (χ2v) is 4.67. The Labute approximate surface area is 117 Å². The van der Waals surface area contributed by atoms with Crippen LogP contribution in [0.1, 0.15) is 21.7 Å². The number of rotatable bonds is 4. The van der Waals surface area contributed by atoms with Gasteiger partial charge in [-0.25, -0.2) is 4.79 Å². The van der Waals surface area contributed by atoms with Crippen molar-refractivity contribution >= 4 is 17.3 Å². The molecule has 104 valence electrons. The number of benzene rings is 1. The Kier molecular flexibility index (Phi) is 3.89. The zero-order chi connectivity index (χ0) is 14.7. The van der Waals surface area contributed by atoms with Crippen LogP contribution >= 0.6 is 0 Å². The van der Waals surface area contributed by atoms with E-state index in [2.05, 4.69) is 4.98 Å². The van der Waals surface area contributed by atoms with E-state index in [0.29, 0.717) is 17.9 Å². The second kappa shape index (κ2) is 5.61. The number of para-hydroxylation sites is 1. The number of aromatic nitrogens is 1. The lowest BCUT2D eigenvalue weighted by atomic mass is 10.1. The highest BCUT2D eigenvalue weighted by Crippen LogP contribution is 2.28. The van der Waals surface area contributed by atoms with Gasteiger partial charge in [-0.15, -0.1) is 0 Å². The van der Waals surface area contributed by atoms with E-state index in [1.54, 1.807) is 23.1 Å². The third kappa shape index (κ3) is 2.88. The molecule has 0 spiro atoms. The summed E-state index contributed by atoms with van der Waals surface area (Å²) >= 11 is 0. The normalized spacial score (nSPS) is 10.3. The third-order valence-electron chi connectivity index (χ3n) is 3.02. The Morgan fingerprint density at radius 1 is 1.30 bits per heavy atom. The van der Waals surface area contributed by atoms with Crippen molar-refractivity contribution in [2.24, 2.45) is 0 Å². The summed E-state index contributed by atoms with van der Waals surface area (Å²) in [6, 6.07) is 10.6. The molecule has 2 aromatic rings. The lowest BCUT2D eigenvalue weighted by Gasteiger charge is -2.22. The fourth-order valence-electron chi connectivity index (χ4n) is 2.17. The lowest BCUT2D eigenvalue weighted by Crippen LogP contribution is -2.21. The maximum Gasteiger partial charge on any atom is 0.337 e. The number of carboxylic acid groups (broad SMARTS) is 1. The van der Waals surface area contributed by atoms with Crippen LogP contribution < -0.4 is 10.6 Å². The van der Waals surface area contributed by atoms with E-state index in [1.807, 2.05) is 32.2 Å². The van der Waals surface area contributed by atoms with Crippen LogP contribution in [0.25, 0.3) is 0 Å². The Balaban J connectivity index is 2.34. The number of hydrogen-bond acceptors (Lipinski definition) is 4. The molecule has 3 N–H and O–H groups in total. The maximum absolute atomic E-state index is 11.3. The minimum absolute atomic E-state index is 0.195. The second-order valence-electron chi connectivity index (χ2n) is 4.67. The predicted molar refractivity (Wildman–Crippen MR) is 78.9 cm³/mol. The molecule has 0 amide bonds. The highest BCUT2D eigenvalue weighted by atomic mass is 16.4. The molecule has 2 rings (SSSR count). The van der Waals surface area contributed by atoms with E-state index < -0.39 is 5.97 Å². The van der Waals surface area contributed by atoms with Gasteiger partial charge in [-0.1, -0.05) is 12.1 Å². The third-order valence-corrected chi connectivity index (χ3v) is 3.02. The molecule has 0 unspecified atom stereocenters. The van der Waals surface area contributed by atoms with Crippen LogP contribution in [0.4, 0.5) is 11.4 Å². The van der Waals surface area contributed by atoms with Gasteiger partial charge in [0.25, 0.3) is 0 Å². The van der Waals surface area contributed by atoms with Crippen LogP contribution in [-0.2, 0) is 6.54 Å². The molecule has 0 saturated carbocycles. The Morgan fingerprint density at radius 3 is 2.65 bits per heavy atom. The van der Waals surface area contributed by atoms with Crippen molar-refractivity contribution in [1.29, 1.82) is 0 Å². The van der Waals surface area contributed by atoms with Crippen molar-refractivity contribution in [2.75, 3.05) is 17.7 Å². The molecular formula is C15H17N3O2. The summed E-state index contributed by atoms with van der Waals surface area (Å²) in [4.78, 5) is 17.5. The highest BCUT2D eigenvalue weighted by molar-refractivity contribution is 5.97. The smallest absolute Gasteiger partial charge is 0.337 e. The van der Waals surface area contributed by atoms with E-state index in [1.165, 1.54) is 0 Å². The number of carboxylic acids is 1. The zero-order valence-electron chi connectivity index (χ0n) is 11.5. The number of aryl methyl sites for hydroxylation is 1. The van der Waals surface area contributed by atoms with Crippen LogP contribution in [0.5, 0.6) is 0 Å². The molecule has 20 heavy (non-hydrogen) atoms. The first-order valence-corrected chi connectivity index (χ1v) is 6.24. The molecule has 0 bridgehead atoms. The van der Waals surface area contributed by atoms with Gasteiger partial charge in [-0.3, -0.25) is 4.98 Å². The predicted octanol–water partition coefficient (Wildman–Crippen LogP) is 2.31. The molecule has 1 aromatic carbocycles. The van der Waals surface area contributed by atoms with Crippen molar-refractivity contribution in [3.05, 3.63) is 53.3 Å². The number of nitrogens with zero attached hydrogens (tertiary/aromatic N) is 2. The Bertz CT molecular complexity index is 641. The number of nitrogens with two attached hydrogens (primary N) is 1. The number of anilines is 2. The molecule has 1 heterocycles. The molecule has 0 aliphatic heterocycles. The highest BCUT2D eigenvalue weighted by Gasteiger charge is 2.16. The number of hydrogen-bond donors (Lipinski definition) is 2. The van der Waals surface area contributed by atoms with Gasteiger partial charge in [0.2, 0.25) is 0 Å². The molecule has 0 aliphatic rings. The molecular weight excluding hydrogens is 254 g/mol. The molecule has 1 aromatic heterocycles. The number of aromatic carboxylic acids is 1. The molecule has 0 saturated heterocycles. The first-order chi connectivity index (χ1) is 9.49. The molecule has 5 nitrogen and oxygen atoms in total. The summed E-state index contributed by atoms with van der Waals surface area (Å²) in [6.07, 6.45) is 0. The van der Waals surface area contributed by atoms with Crippen LogP contribution in [-0.4, -0.2) is 23.1 Å². The molecule has 5 heteroatoms. The van der Waals surface area contributed by atoms with Gasteiger partial charge in [0, 0.05) is 12.7 Å². The van der Waals surface area contributed by atoms with Crippen molar-refractivity contribution in [1.82, 2.24) is 4.98 Å². The van der Waals surface area contributed by atoms with Gasteiger partial charge in [0.15, 0.2) is 0 Å². The Hall–Kier alpha value is -2.56. The van der Waals surface area contributed by atoms with Gasteiger partial charge >= 0.3 is 5.97 Å². The largest absolute Gasteiger partial charge is 0.478 e. The lowest BCUT2D eigenvalue weighted by molar-refractivity contribution is 0.0697. The van der Waals surface area contributed by atoms with Crippen molar-refractivity contribution in [3.8, 4) is 0 Å². The summed E-state index contributed by atoms with van der Waals surface area (Å²) in [5.41, 5.74) is 8.87. The minimum Gasteiger partial charge on any atom is -0.478 e. The zero-order valence-corrected chi connectivity index (χ0v) is 11.5. The van der Waals surface area contributed by atoms with E-state index in [4.69, 9.17) is 5.73 Å². The summed E-state index contributed by atoms with van der Waals surface area (Å²) in [6.45, 7) is 2.42. The fourth-order valence-corrected chi connectivity index (χ4v) is 2.17. The summed E-state index contributed by atoms with van der Waals surface area (Å²) in [5, 5.41) is 9.25. The first-order valence-electron chi connectivity index (χ1n) is 6.24. The average molecular weight is 271 g/mol. The van der Waals surface area contributed by atoms with Gasteiger partial charge in [-0.2, -0.15) is 0 Å². The fraction of sp³-hybridized carbons (Fsp3) is 0.200. The summed E-state index contributed by atoms with van der Waals surface area (Å²) in [5.74, 6) is -0.989. The molecule has 0 atom stereocenters. The van der Waals surface area contributed by atoms with Gasteiger partial charge in [-0.05, 0) is 31.2 Å². The summed E-state index contributed by atoms with van der Waals surface area (Å²) < 4.78 is 0. The number of pyridine rings is 1. The number of nitrogen functional groups attached to an aromatic ring is 1. The maximum atomic E-state index is 11.3. The minimum atomic E-state index is -0.989. The van der Waals surface area contributed by atoms with E-state index in [0.717, 1.165) is 11.4 Å². The van der Waals surface area contributed by atoms with Crippen molar-refractivity contribution in [3.63, 3.8) is 0 Å². The van der Waals surface area contributed by atoms with Crippen LogP contribution in [0.2, 0.25) is 0 Å². The van der Waals surface area contributed by atoms with Crippen LogP contribution in [0.3, 0.4) is 0 Å². The monoisotopic (exact) mass is 271 g/mol. The quantitative estimate of drug-likeness (QED) is 0.834. The standard InChI is InChI=1S/C15H17N3O2/c1-10-5-3-6-11(17-10)9-18(2)14-12(15(19)20)7-4-8-13(14)16/h3-8H,9,16H2,1-2H3,(H,19,20). The first kappa shape index (κ1) is 13.9. The molecule has 0 radical (unpaired) electrons. The van der Waals surface area contributed by atoms with Crippen molar-refractivity contribution in [2.45, 2.75) is 13.5 Å². The SMILES string of the molecule is Cc1cccc(CN(C)c2c(N)cccc2C(=O)O)n1.